The topological polar surface area (TPSA) is 73.3 Å². The van der Waals surface area contributed by atoms with E-state index in [0.29, 0.717) is 18.4 Å². The van der Waals surface area contributed by atoms with Gasteiger partial charge in [0.25, 0.3) is 0 Å². The van der Waals surface area contributed by atoms with Crippen LogP contribution in [-0.2, 0) is 18.9 Å². The Bertz CT molecular complexity index is 821. The van der Waals surface area contributed by atoms with Crippen molar-refractivity contribution < 1.29 is 17.5 Å². The van der Waals surface area contributed by atoms with Crippen molar-refractivity contribution in [2.45, 2.75) is 42.7 Å². The van der Waals surface area contributed by atoms with E-state index in [-0.39, 0.29) is 10.9 Å². The predicted octanol–water partition coefficient (Wildman–Crippen LogP) is 4.80. The van der Waals surface area contributed by atoms with Crippen molar-refractivity contribution in [1.82, 2.24) is 4.98 Å². The Kier molecular flexibility index (Phi) is 6.26. The number of aromatic nitrogens is 1. The molecule has 2 aromatic rings. The summed E-state index contributed by atoms with van der Waals surface area (Å²) in [5.41, 5.74) is 1.42. The number of hydrogen-bond acceptors (Lipinski definition) is 6. The summed E-state index contributed by atoms with van der Waals surface area (Å²) in [7, 11) is -4.07. The van der Waals surface area contributed by atoms with Gasteiger partial charge in [-0.15, -0.1) is 11.3 Å². The summed E-state index contributed by atoms with van der Waals surface area (Å²) in [5.74, 6) is 0. The van der Waals surface area contributed by atoms with Crippen LogP contribution in [0.1, 0.15) is 33.6 Å². The van der Waals surface area contributed by atoms with Crippen LogP contribution < -0.4 is 0 Å². The molecule has 0 saturated carbocycles. The molecule has 0 atom stereocenters. The normalized spacial score (nSPS) is 13.7. The minimum Gasteiger partial charge on any atom is -0.290 e. The molecule has 130 valence electrons. The van der Waals surface area contributed by atoms with Gasteiger partial charge < -0.3 is 0 Å². The number of rotatable bonds is 8. The first-order chi connectivity index (χ1) is 11.4. The van der Waals surface area contributed by atoms with Crippen LogP contribution in [0, 0.1) is 0 Å². The van der Waals surface area contributed by atoms with Gasteiger partial charge in [0, 0.05) is 0 Å². The molecule has 2 rings (SSSR count). The zero-order valence-electron chi connectivity index (χ0n) is 13.9. The van der Waals surface area contributed by atoms with Crippen molar-refractivity contribution >= 4 is 40.1 Å². The number of fused-ring (bicyclic) bond motifs is 1. The zero-order chi connectivity index (χ0) is 17.8. The number of para-hydroxylation sites is 1. The molecule has 1 aromatic carbocycles. The Morgan fingerprint density at radius 3 is 2.58 bits per heavy atom. The molecule has 0 amide bonds. The SMILES string of the molecule is CCC(C=C(C)COP=O)(CC)S(=O)(=O)c1nc2ccccc2s1. The highest BCUT2D eigenvalue weighted by molar-refractivity contribution is 7.95. The minimum absolute atomic E-state index is 0.127. The highest BCUT2D eigenvalue weighted by Crippen LogP contribution is 2.37. The summed E-state index contributed by atoms with van der Waals surface area (Å²) in [6, 6.07) is 7.39. The zero-order valence-corrected chi connectivity index (χ0v) is 16.4. The molecule has 8 heteroatoms. The van der Waals surface area contributed by atoms with Crippen LogP contribution in [0.15, 0.2) is 40.3 Å². The molecule has 0 saturated heterocycles. The van der Waals surface area contributed by atoms with E-state index in [0.717, 1.165) is 10.3 Å². The van der Waals surface area contributed by atoms with E-state index in [9.17, 15) is 13.0 Å². The lowest BCUT2D eigenvalue weighted by atomic mass is 9.99. The van der Waals surface area contributed by atoms with E-state index < -0.39 is 23.3 Å². The van der Waals surface area contributed by atoms with Crippen LogP contribution in [0.25, 0.3) is 10.2 Å². The number of hydrogen-bond donors (Lipinski definition) is 0. The van der Waals surface area contributed by atoms with Gasteiger partial charge >= 0.3 is 8.69 Å². The lowest BCUT2D eigenvalue weighted by Crippen LogP contribution is -2.36. The van der Waals surface area contributed by atoms with Crippen LogP contribution in [0.3, 0.4) is 0 Å². The monoisotopic (exact) mass is 385 g/mol. The van der Waals surface area contributed by atoms with E-state index >= 15 is 0 Å². The van der Waals surface area contributed by atoms with Gasteiger partial charge in [0.15, 0.2) is 0 Å². The summed E-state index contributed by atoms with van der Waals surface area (Å²) in [5, 5.41) is 0. The molecule has 0 aliphatic carbocycles. The lowest BCUT2D eigenvalue weighted by molar-refractivity contribution is 0.375. The summed E-state index contributed by atoms with van der Waals surface area (Å²) in [4.78, 5) is 4.33. The summed E-state index contributed by atoms with van der Waals surface area (Å²) >= 11 is 1.20. The van der Waals surface area contributed by atoms with Gasteiger partial charge in [-0.25, -0.2) is 18.0 Å². The third-order valence-corrected chi connectivity index (χ3v) is 8.38. The maximum Gasteiger partial charge on any atom is 0.327 e. The Morgan fingerprint density at radius 2 is 2.00 bits per heavy atom. The van der Waals surface area contributed by atoms with Crippen LogP contribution in [-0.4, -0.2) is 24.8 Å². The molecule has 1 heterocycles. The van der Waals surface area contributed by atoms with E-state index in [1.165, 1.54) is 11.3 Å². The number of benzene rings is 1. The highest BCUT2D eigenvalue weighted by Gasteiger charge is 2.42. The summed E-state index contributed by atoms with van der Waals surface area (Å²) in [6.45, 7) is 5.61. The maximum atomic E-state index is 13.3. The van der Waals surface area contributed by atoms with Crippen molar-refractivity contribution in [3.05, 3.63) is 35.9 Å². The van der Waals surface area contributed by atoms with Crippen LogP contribution in [0.2, 0.25) is 0 Å². The van der Waals surface area contributed by atoms with Crippen LogP contribution in [0.5, 0.6) is 0 Å². The predicted molar refractivity (Wildman–Crippen MR) is 97.4 cm³/mol. The van der Waals surface area contributed by atoms with Gasteiger partial charge in [-0.1, -0.05) is 32.1 Å². The molecule has 0 N–H and O–H groups in total. The molecule has 0 aliphatic rings. The van der Waals surface area contributed by atoms with Gasteiger partial charge in [0.2, 0.25) is 14.2 Å². The molecule has 0 radical (unpaired) electrons. The van der Waals surface area contributed by atoms with E-state index in [4.69, 9.17) is 4.52 Å². The molecule has 5 nitrogen and oxygen atoms in total. The molecule has 0 aliphatic heterocycles. The Labute approximate surface area is 148 Å². The van der Waals surface area contributed by atoms with Gasteiger partial charge in [0.05, 0.1) is 21.6 Å². The third kappa shape index (κ3) is 3.59. The van der Waals surface area contributed by atoms with Crippen LogP contribution >= 0.6 is 20.0 Å². The molecule has 0 bridgehead atoms. The van der Waals surface area contributed by atoms with Gasteiger partial charge in [-0.3, -0.25) is 4.52 Å². The smallest absolute Gasteiger partial charge is 0.290 e. The standard InChI is InChI=1S/C16H20NO4PS2/c1-4-16(5-2,10-12(3)11-21-22-18)24(19,20)15-17-13-8-6-7-9-14(13)23-15/h6-10H,4-5,11H2,1-3H3. The Balaban J connectivity index is 2.53. The second-order valence-corrected chi connectivity index (χ2v) is 9.46. The van der Waals surface area contributed by atoms with Crippen molar-refractivity contribution in [3.63, 3.8) is 0 Å². The number of sulfone groups is 1. The summed E-state index contributed by atoms with van der Waals surface area (Å²) in [6.07, 6.45) is 2.57. The maximum absolute atomic E-state index is 13.3. The molecule has 0 spiro atoms. The third-order valence-electron chi connectivity index (χ3n) is 4.09. The van der Waals surface area contributed by atoms with Crippen molar-refractivity contribution in [3.8, 4) is 0 Å². The second-order valence-electron chi connectivity index (χ2n) is 5.56. The number of nitrogens with zero attached hydrogens (tertiary/aromatic N) is 1. The van der Waals surface area contributed by atoms with Gasteiger partial charge in [-0.05, 0) is 37.5 Å². The molecular weight excluding hydrogens is 365 g/mol. The fraction of sp³-hybridized carbons (Fsp3) is 0.438. The van der Waals surface area contributed by atoms with Crippen molar-refractivity contribution in [2.24, 2.45) is 0 Å². The fourth-order valence-corrected chi connectivity index (χ4v) is 6.51. The molecular formula is C16H20NO4PS2. The van der Waals surface area contributed by atoms with Crippen molar-refractivity contribution in [1.29, 1.82) is 0 Å². The quantitative estimate of drug-likeness (QED) is 0.482. The second kappa shape index (κ2) is 7.83. The number of thiazole rings is 1. The first-order valence-corrected chi connectivity index (χ1v) is 10.7. The molecule has 24 heavy (non-hydrogen) atoms. The molecule has 0 unspecified atom stereocenters. The molecule has 0 fully saturated rings. The van der Waals surface area contributed by atoms with Crippen LogP contribution in [0.4, 0.5) is 0 Å². The highest BCUT2D eigenvalue weighted by atomic mass is 32.2. The largest absolute Gasteiger partial charge is 0.327 e. The fourth-order valence-electron chi connectivity index (χ4n) is 2.67. The first kappa shape index (κ1) is 19.2. The van der Waals surface area contributed by atoms with Crippen molar-refractivity contribution in [2.75, 3.05) is 6.61 Å². The molecule has 1 aromatic heterocycles. The minimum atomic E-state index is -3.65. The lowest BCUT2D eigenvalue weighted by Gasteiger charge is -2.27. The van der Waals surface area contributed by atoms with E-state index in [1.54, 1.807) is 13.0 Å². The Hall–Kier alpha value is -1.14. The Morgan fingerprint density at radius 1 is 1.33 bits per heavy atom. The van der Waals surface area contributed by atoms with E-state index in [1.807, 2.05) is 38.1 Å². The first-order valence-electron chi connectivity index (χ1n) is 7.63. The van der Waals surface area contributed by atoms with Gasteiger partial charge in [-0.2, -0.15) is 0 Å². The summed E-state index contributed by atoms with van der Waals surface area (Å²) < 4.78 is 41.8. The average molecular weight is 385 g/mol. The van der Waals surface area contributed by atoms with Gasteiger partial charge in [0.1, 0.15) is 0 Å². The average Bonchev–Trinajstić information content (AvgIpc) is 3.02. The van der Waals surface area contributed by atoms with E-state index in [2.05, 4.69) is 4.98 Å².